The molecule has 1 atom stereocenters. The van der Waals surface area contributed by atoms with Crippen LogP contribution in [0.3, 0.4) is 0 Å². The molecule has 7 heteroatoms. The molecule has 108 valence electrons. The molecule has 0 aliphatic rings. The van der Waals surface area contributed by atoms with Crippen LogP contribution in [0.4, 0.5) is 4.79 Å². The summed E-state index contributed by atoms with van der Waals surface area (Å²) < 4.78 is 4.69. The Kier molecular flexibility index (Phi) is 6.18. The zero-order valence-electron chi connectivity index (χ0n) is 10.9. The van der Waals surface area contributed by atoms with Gasteiger partial charge in [-0.2, -0.15) is 5.10 Å². The average molecular weight is 280 g/mol. The summed E-state index contributed by atoms with van der Waals surface area (Å²) in [7, 11) is 0. The molecule has 0 saturated carbocycles. The number of rotatable bonds is 6. The zero-order chi connectivity index (χ0) is 15.0. The molecule has 1 aromatic carbocycles. The number of hydrazone groups is 1. The van der Waals surface area contributed by atoms with Gasteiger partial charge >= 0.3 is 12.1 Å². The summed E-state index contributed by atoms with van der Waals surface area (Å²) in [4.78, 5) is 21.9. The highest BCUT2D eigenvalue weighted by molar-refractivity contribution is 6.02. The molecule has 7 nitrogen and oxygen atoms in total. The highest BCUT2D eigenvalue weighted by Gasteiger charge is 2.20. The minimum atomic E-state index is -1.40. The van der Waals surface area contributed by atoms with Gasteiger partial charge < -0.3 is 14.9 Å². The quantitative estimate of drug-likeness (QED) is 0.409. The molecule has 0 radical (unpaired) electrons. The summed E-state index contributed by atoms with van der Waals surface area (Å²) in [6.45, 7) is 1.78. The standard InChI is InChI=1S/C13H16N2O5/c1-2-20-12(17)11(16)8-10(14-15-13(18)19)9-6-4-3-5-7-9/h3-7,11,15-16H,2,8H2,1H3,(H,18,19). The van der Waals surface area contributed by atoms with Crippen LogP contribution in [0.25, 0.3) is 0 Å². The number of benzene rings is 1. The second-order valence-corrected chi connectivity index (χ2v) is 3.81. The third kappa shape index (κ3) is 5.07. The first-order valence-electron chi connectivity index (χ1n) is 6.00. The molecular formula is C13H16N2O5. The van der Waals surface area contributed by atoms with Crippen LogP contribution < -0.4 is 5.43 Å². The highest BCUT2D eigenvalue weighted by Crippen LogP contribution is 2.08. The lowest BCUT2D eigenvalue weighted by Crippen LogP contribution is -2.28. The molecule has 0 aliphatic carbocycles. The maximum Gasteiger partial charge on any atom is 0.425 e. The fraction of sp³-hybridized carbons (Fsp3) is 0.308. The number of aliphatic hydroxyl groups excluding tert-OH is 1. The van der Waals surface area contributed by atoms with Crippen molar-refractivity contribution in [3.05, 3.63) is 35.9 Å². The molecule has 1 unspecified atom stereocenters. The molecule has 1 amide bonds. The first kappa shape index (κ1) is 15.6. The number of ether oxygens (including phenoxy) is 1. The van der Waals surface area contributed by atoms with E-state index in [2.05, 4.69) is 9.84 Å². The first-order valence-corrected chi connectivity index (χ1v) is 6.00. The molecule has 3 N–H and O–H groups in total. The van der Waals surface area contributed by atoms with Crippen molar-refractivity contribution in [2.75, 3.05) is 6.61 Å². The lowest BCUT2D eigenvalue weighted by Gasteiger charge is -2.11. The Balaban J connectivity index is 2.86. The number of hydrogen-bond donors (Lipinski definition) is 3. The summed E-state index contributed by atoms with van der Waals surface area (Å²) >= 11 is 0. The number of nitrogens with zero attached hydrogens (tertiary/aromatic N) is 1. The molecule has 0 saturated heterocycles. The van der Waals surface area contributed by atoms with Crippen molar-refractivity contribution < 1.29 is 24.5 Å². The van der Waals surface area contributed by atoms with Crippen molar-refractivity contribution in [1.29, 1.82) is 0 Å². The van der Waals surface area contributed by atoms with Crippen LogP contribution in [0, 0.1) is 0 Å². The molecule has 0 heterocycles. The van der Waals surface area contributed by atoms with Gasteiger partial charge in [-0.15, -0.1) is 0 Å². The van der Waals surface area contributed by atoms with E-state index in [1.165, 1.54) is 0 Å². The molecule has 0 aliphatic heterocycles. The van der Waals surface area contributed by atoms with Crippen molar-refractivity contribution in [2.45, 2.75) is 19.4 Å². The Morgan fingerprint density at radius 2 is 2.00 bits per heavy atom. The summed E-state index contributed by atoms with van der Waals surface area (Å²) in [5.41, 5.74) is 2.71. The van der Waals surface area contributed by atoms with Crippen LogP contribution in [0.5, 0.6) is 0 Å². The Morgan fingerprint density at radius 1 is 1.35 bits per heavy atom. The van der Waals surface area contributed by atoms with Crippen LogP contribution in [0.1, 0.15) is 18.9 Å². The van der Waals surface area contributed by atoms with Gasteiger partial charge in [0.1, 0.15) is 0 Å². The molecule has 1 aromatic rings. The minimum Gasteiger partial charge on any atom is -0.464 e. The smallest absolute Gasteiger partial charge is 0.425 e. The van der Waals surface area contributed by atoms with Crippen molar-refractivity contribution in [1.82, 2.24) is 5.43 Å². The predicted molar refractivity (Wildman–Crippen MR) is 71.4 cm³/mol. The molecule has 0 fully saturated rings. The van der Waals surface area contributed by atoms with Gasteiger partial charge in [0, 0.05) is 6.42 Å². The van der Waals surface area contributed by atoms with E-state index in [1.54, 1.807) is 37.3 Å². The molecule has 0 spiro atoms. The van der Waals surface area contributed by atoms with Gasteiger partial charge in [-0.3, -0.25) is 0 Å². The summed E-state index contributed by atoms with van der Waals surface area (Å²) in [5.74, 6) is -0.772. The number of esters is 1. The van der Waals surface area contributed by atoms with Crippen molar-refractivity contribution in [3.8, 4) is 0 Å². The molecule has 1 rings (SSSR count). The van der Waals surface area contributed by atoms with E-state index in [4.69, 9.17) is 5.11 Å². The third-order valence-corrected chi connectivity index (χ3v) is 2.34. The number of aliphatic hydroxyl groups is 1. The van der Waals surface area contributed by atoms with E-state index in [1.807, 2.05) is 5.43 Å². The van der Waals surface area contributed by atoms with Crippen molar-refractivity contribution in [2.24, 2.45) is 5.10 Å². The fourth-order valence-corrected chi connectivity index (χ4v) is 1.48. The zero-order valence-corrected chi connectivity index (χ0v) is 10.9. The number of carbonyl (C=O) groups excluding carboxylic acids is 1. The Labute approximate surface area is 115 Å². The van der Waals surface area contributed by atoms with E-state index in [9.17, 15) is 14.7 Å². The predicted octanol–water partition coefficient (Wildman–Crippen LogP) is 0.972. The highest BCUT2D eigenvalue weighted by atomic mass is 16.5. The van der Waals surface area contributed by atoms with E-state index in [0.29, 0.717) is 5.56 Å². The van der Waals surface area contributed by atoms with Gasteiger partial charge in [-0.25, -0.2) is 15.0 Å². The van der Waals surface area contributed by atoms with Gasteiger partial charge in [0.2, 0.25) is 0 Å². The molecule has 20 heavy (non-hydrogen) atoms. The van der Waals surface area contributed by atoms with Gasteiger partial charge in [0.15, 0.2) is 6.10 Å². The largest absolute Gasteiger partial charge is 0.464 e. The molecule has 0 bridgehead atoms. The number of amides is 1. The lowest BCUT2D eigenvalue weighted by molar-refractivity contribution is -0.152. The van der Waals surface area contributed by atoms with Gasteiger partial charge in [0.25, 0.3) is 0 Å². The maximum absolute atomic E-state index is 11.4. The lowest BCUT2D eigenvalue weighted by atomic mass is 10.0. The number of carbonyl (C=O) groups is 2. The first-order chi connectivity index (χ1) is 9.54. The van der Waals surface area contributed by atoms with Gasteiger partial charge in [0.05, 0.1) is 12.3 Å². The third-order valence-electron chi connectivity index (χ3n) is 2.34. The van der Waals surface area contributed by atoms with Crippen LogP contribution in [0.2, 0.25) is 0 Å². The summed E-state index contributed by atoms with van der Waals surface area (Å²) in [6, 6.07) is 8.65. The van der Waals surface area contributed by atoms with Gasteiger partial charge in [-0.1, -0.05) is 30.3 Å². The average Bonchev–Trinajstić information content (AvgIpc) is 2.44. The molecule has 0 aromatic heterocycles. The Bertz CT molecular complexity index is 487. The normalized spacial score (nSPS) is 12.6. The Hall–Kier alpha value is -2.41. The van der Waals surface area contributed by atoms with Crippen LogP contribution in [-0.4, -0.2) is 40.7 Å². The monoisotopic (exact) mass is 280 g/mol. The van der Waals surface area contributed by atoms with Crippen LogP contribution in [0.15, 0.2) is 35.4 Å². The fourth-order valence-electron chi connectivity index (χ4n) is 1.48. The van der Waals surface area contributed by atoms with Crippen LogP contribution >= 0.6 is 0 Å². The SMILES string of the molecule is CCOC(=O)C(O)CC(=NNC(=O)O)c1ccccc1. The summed E-state index contributed by atoms with van der Waals surface area (Å²) in [5, 5.41) is 22.0. The van der Waals surface area contributed by atoms with Crippen LogP contribution in [-0.2, 0) is 9.53 Å². The van der Waals surface area contributed by atoms with E-state index in [0.717, 1.165) is 0 Å². The van der Waals surface area contributed by atoms with Crippen molar-refractivity contribution in [3.63, 3.8) is 0 Å². The van der Waals surface area contributed by atoms with E-state index >= 15 is 0 Å². The second kappa shape index (κ2) is 7.90. The van der Waals surface area contributed by atoms with E-state index in [-0.39, 0.29) is 18.7 Å². The minimum absolute atomic E-state index is 0.150. The van der Waals surface area contributed by atoms with Gasteiger partial charge in [-0.05, 0) is 12.5 Å². The maximum atomic E-state index is 11.4. The Morgan fingerprint density at radius 3 is 2.55 bits per heavy atom. The number of hydrogen-bond acceptors (Lipinski definition) is 5. The topological polar surface area (TPSA) is 108 Å². The van der Waals surface area contributed by atoms with Crippen molar-refractivity contribution >= 4 is 17.8 Å². The number of nitrogens with one attached hydrogen (secondary N) is 1. The molecular weight excluding hydrogens is 264 g/mol. The van der Waals surface area contributed by atoms with E-state index < -0.39 is 18.2 Å². The summed E-state index contributed by atoms with van der Waals surface area (Å²) in [6.07, 6.45) is -2.88. The second-order valence-electron chi connectivity index (χ2n) is 3.81. The number of carboxylic acid groups (broad SMARTS) is 1.